The van der Waals surface area contributed by atoms with Gasteiger partial charge in [-0.05, 0) is 44.5 Å². The van der Waals surface area contributed by atoms with Crippen LogP contribution in [0.25, 0.3) is 0 Å². The SMILES string of the molecule is CCOC(=O)Cc1csc(NN=Cc2ccc(OCC(=O)OC(C)C)c(OC)c2)n1. The first kappa shape index (κ1) is 23.1. The largest absolute Gasteiger partial charge is 0.493 e. The zero-order chi connectivity index (χ0) is 21.9. The molecule has 0 unspecified atom stereocenters. The lowest BCUT2D eigenvalue weighted by molar-refractivity contribution is -0.149. The van der Waals surface area contributed by atoms with Crippen LogP contribution >= 0.6 is 11.3 Å². The molecule has 1 aromatic carbocycles. The topological polar surface area (TPSA) is 108 Å². The third-order valence-corrected chi connectivity index (χ3v) is 4.25. The number of benzene rings is 1. The third-order valence-electron chi connectivity index (χ3n) is 3.46. The Hall–Kier alpha value is -3.14. The highest BCUT2D eigenvalue weighted by atomic mass is 32.1. The molecule has 0 radical (unpaired) electrons. The Morgan fingerprint density at radius 1 is 1.27 bits per heavy atom. The summed E-state index contributed by atoms with van der Waals surface area (Å²) >= 11 is 1.34. The van der Waals surface area contributed by atoms with Gasteiger partial charge in [0.2, 0.25) is 5.13 Å². The van der Waals surface area contributed by atoms with E-state index < -0.39 is 5.97 Å². The van der Waals surface area contributed by atoms with Crippen LogP contribution in [0.5, 0.6) is 11.5 Å². The molecule has 0 aliphatic heterocycles. The molecule has 0 spiro atoms. The molecule has 0 saturated heterocycles. The van der Waals surface area contributed by atoms with Crippen molar-refractivity contribution < 1.29 is 28.5 Å². The minimum atomic E-state index is -0.451. The number of nitrogens with zero attached hydrogens (tertiary/aromatic N) is 2. The highest BCUT2D eigenvalue weighted by molar-refractivity contribution is 7.13. The fourth-order valence-electron chi connectivity index (χ4n) is 2.28. The highest BCUT2D eigenvalue weighted by Gasteiger charge is 2.11. The molecule has 1 aromatic heterocycles. The monoisotopic (exact) mass is 435 g/mol. The first-order valence-electron chi connectivity index (χ1n) is 9.30. The summed E-state index contributed by atoms with van der Waals surface area (Å²) in [5.41, 5.74) is 4.19. The van der Waals surface area contributed by atoms with E-state index in [1.54, 1.807) is 50.6 Å². The number of carbonyl (C=O) groups is 2. The van der Waals surface area contributed by atoms with Gasteiger partial charge in [-0.15, -0.1) is 11.3 Å². The molecule has 0 fully saturated rings. The second kappa shape index (κ2) is 11.8. The van der Waals surface area contributed by atoms with Crippen molar-refractivity contribution in [3.05, 3.63) is 34.8 Å². The van der Waals surface area contributed by atoms with Crippen molar-refractivity contribution in [2.24, 2.45) is 5.10 Å². The average Bonchev–Trinajstić information content (AvgIpc) is 3.13. The number of ether oxygens (including phenoxy) is 4. The molecule has 9 nitrogen and oxygen atoms in total. The summed E-state index contributed by atoms with van der Waals surface area (Å²) < 4.78 is 20.7. The van der Waals surface area contributed by atoms with Gasteiger partial charge in [0.15, 0.2) is 18.1 Å². The highest BCUT2D eigenvalue weighted by Crippen LogP contribution is 2.27. The second-order valence-electron chi connectivity index (χ2n) is 6.23. The number of aromatic nitrogens is 1. The summed E-state index contributed by atoms with van der Waals surface area (Å²) in [6.07, 6.45) is 1.51. The molecule has 0 aliphatic carbocycles. The second-order valence-corrected chi connectivity index (χ2v) is 7.09. The molecule has 162 valence electrons. The van der Waals surface area contributed by atoms with Crippen molar-refractivity contribution in [1.29, 1.82) is 0 Å². The van der Waals surface area contributed by atoms with Gasteiger partial charge in [-0.3, -0.25) is 10.2 Å². The Morgan fingerprint density at radius 3 is 2.77 bits per heavy atom. The van der Waals surface area contributed by atoms with Gasteiger partial charge in [-0.1, -0.05) is 0 Å². The molecule has 1 N–H and O–H groups in total. The molecule has 1 heterocycles. The maximum atomic E-state index is 11.6. The van der Waals surface area contributed by atoms with Crippen LogP contribution in [0.1, 0.15) is 32.0 Å². The van der Waals surface area contributed by atoms with Gasteiger partial charge in [-0.25, -0.2) is 9.78 Å². The van der Waals surface area contributed by atoms with Crippen LogP contribution in [0, 0.1) is 0 Å². The molecule has 0 bridgehead atoms. The molecule has 0 aliphatic rings. The quantitative estimate of drug-likeness (QED) is 0.326. The van der Waals surface area contributed by atoms with Crippen LogP contribution in [0.3, 0.4) is 0 Å². The summed E-state index contributed by atoms with van der Waals surface area (Å²) in [7, 11) is 1.51. The number of carbonyl (C=O) groups excluding carboxylic acids is 2. The number of esters is 2. The van der Waals surface area contributed by atoms with Gasteiger partial charge in [-0.2, -0.15) is 5.10 Å². The van der Waals surface area contributed by atoms with E-state index in [9.17, 15) is 9.59 Å². The van der Waals surface area contributed by atoms with Crippen LogP contribution < -0.4 is 14.9 Å². The van der Waals surface area contributed by atoms with E-state index in [-0.39, 0.29) is 25.1 Å². The Bertz CT molecular complexity index is 881. The van der Waals surface area contributed by atoms with Gasteiger partial charge in [0.1, 0.15) is 0 Å². The molecule has 2 rings (SSSR count). The van der Waals surface area contributed by atoms with Crippen molar-refractivity contribution in [3.63, 3.8) is 0 Å². The Morgan fingerprint density at radius 2 is 2.07 bits per heavy atom. The fourth-order valence-corrected chi connectivity index (χ4v) is 2.94. The van der Waals surface area contributed by atoms with E-state index >= 15 is 0 Å². The first-order valence-corrected chi connectivity index (χ1v) is 10.2. The number of nitrogens with one attached hydrogen (secondary N) is 1. The van der Waals surface area contributed by atoms with Crippen molar-refractivity contribution in [2.75, 3.05) is 25.7 Å². The number of anilines is 1. The first-order chi connectivity index (χ1) is 14.4. The van der Waals surface area contributed by atoms with Crippen molar-refractivity contribution in [1.82, 2.24) is 4.98 Å². The third kappa shape index (κ3) is 7.70. The Kier molecular flexibility index (Phi) is 9.07. The van der Waals surface area contributed by atoms with E-state index in [1.165, 1.54) is 18.4 Å². The molecule has 0 saturated carbocycles. The van der Waals surface area contributed by atoms with E-state index in [0.717, 1.165) is 5.56 Å². The van der Waals surface area contributed by atoms with Gasteiger partial charge in [0.25, 0.3) is 0 Å². The van der Waals surface area contributed by atoms with Crippen molar-refractivity contribution in [2.45, 2.75) is 33.3 Å². The lowest BCUT2D eigenvalue weighted by Gasteiger charge is -2.12. The molecular formula is C20H25N3O6S. The molecule has 2 aromatic rings. The number of rotatable bonds is 11. The zero-order valence-electron chi connectivity index (χ0n) is 17.3. The van der Waals surface area contributed by atoms with Gasteiger partial charge in [0, 0.05) is 5.38 Å². The zero-order valence-corrected chi connectivity index (χ0v) is 18.2. The van der Waals surface area contributed by atoms with E-state index in [4.69, 9.17) is 18.9 Å². The maximum absolute atomic E-state index is 11.6. The van der Waals surface area contributed by atoms with Crippen LogP contribution in [0.2, 0.25) is 0 Å². The summed E-state index contributed by atoms with van der Waals surface area (Å²) in [4.78, 5) is 27.4. The molecular weight excluding hydrogens is 410 g/mol. The normalized spacial score (nSPS) is 10.8. The number of hydrogen-bond donors (Lipinski definition) is 1. The number of methoxy groups -OCH3 is 1. The van der Waals surface area contributed by atoms with Crippen molar-refractivity contribution in [3.8, 4) is 11.5 Å². The van der Waals surface area contributed by atoms with Gasteiger partial charge >= 0.3 is 11.9 Å². The van der Waals surface area contributed by atoms with Crippen molar-refractivity contribution >= 4 is 34.6 Å². The van der Waals surface area contributed by atoms with E-state index in [1.807, 2.05) is 0 Å². The van der Waals surface area contributed by atoms with Gasteiger partial charge in [0.05, 0.1) is 38.1 Å². The van der Waals surface area contributed by atoms with Crippen LogP contribution in [-0.4, -0.2) is 49.6 Å². The predicted molar refractivity (Wildman–Crippen MR) is 113 cm³/mol. The van der Waals surface area contributed by atoms with Gasteiger partial charge < -0.3 is 18.9 Å². The Labute approximate surface area is 179 Å². The summed E-state index contributed by atoms with van der Waals surface area (Å²) in [6, 6.07) is 5.18. The van der Waals surface area contributed by atoms with Crippen LogP contribution in [0.15, 0.2) is 28.7 Å². The van der Waals surface area contributed by atoms with E-state index in [2.05, 4.69) is 15.5 Å². The van der Waals surface area contributed by atoms with Crippen LogP contribution in [-0.2, 0) is 25.5 Å². The molecule has 30 heavy (non-hydrogen) atoms. The number of hydrogen-bond acceptors (Lipinski definition) is 10. The molecule has 0 amide bonds. The lowest BCUT2D eigenvalue weighted by Crippen LogP contribution is -2.18. The molecule has 10 heteroatoms. The Balaban J connectivity index is 1.92. The average molecular weight is 436 g/mol. The summed E-state index contributed by atoms with van der Waals surface area (Å²) in [5, 5.41) is 6.47. The number of hydrazone groups is 1. The maximum Gasteiger partial charge on any atom is 0.344 e. The fraction of sp³-hybridized carbons (Fsp3) is 0.400. The summed E-state index contributed by atoms with van der Waals surface area (Å²) in [6.45, 7) is 5.44. The van der Waals surface area contributed by atoms with Crippen LogP contribution in [0.4, 0.5) is 5.13 Å². The predicted octanol–water partition coefficient (Wildman–Crippen LogP) is 3.03. The summed E-state index contributed by atoms with van der Waals surface area (Å²) in [5.74, 6) is 0.117. The van der Waals surface area contributed by atoms with E-state index in [0.29, 0.717) is 28.9 Å². The minimum absolute atomic E-state index is 0.124. The minimum Gasteiger partial charge on any atom is -0.493 e. The standard InChI is InChI=1S/C20H25N3O6S/c1-5-27-18(24)9-15-12-30-20(22-15)23-21-10-14-6-7-16(17(8-14)26-4)28-11-19(25)29-13(2)3/h6-8,10,12-13H,5,9,11H2,1-4H3,(H,22,23). The molecule has 0 atom stereocenters. The lowest BCUT2D eigenvalue weighted by atomic mass is 10.2. The number of thiazole rings is 1. The smallest absolute Gasteiger partial charge is 0.344 e.